The maximum absolute atomic E-state index is 12.3. The van der Waals surface area contributed by atoms with Crippen molar-refractivity contribution in [3.8, 4) is 0 Å². The van der Waals surface area contributed by atoms with E-state index in [1.54, 1.807) is 10.9 Å². The molecule has 58 heavy (non-hydrogen) atoms. The molecule has 20 heteroatoms. The summed E-state index contributed by atoms with van der Waals surface area (Å²) in [7, 11) is -5.73. The molecule has 3 amide bonds. The molecule has 4 fully saturated rings. The molecule has 5 N–H and O–H groups in total. The van der Waals surface area contributed by atoms with Gasteiger partial charge in [-0.3, -0.25) is 9.36 Å². The standard InChI is InChI=1S/C38H66N8O9SSi2/c1-23(2)57(24(3)4)52-19-28-34(54-58(55-57,25(5)6)26(7)8)33(48)37(53-28)46-22-43-36-32(46)35(41-21-42-36)40-14-16-51-18-17-50-15-13-39-30(47)12-10-9-11-29-31-27(20-56-29)44-38(49)45-31/h21-29,31,33-34,37,48H,9-20H2,1-8H3,(H,39,47)(H,40,41,42)(H2,44,45,49)/t27-,28+,29-,31-,33+,34+,37+/m0/s1. The number of urea groups is 1. The third-order valence-corrected chi connectivity index (χ3v) is 23.6. The van der Waals surface area contributed by atoms with E-state index >= 15 is 0 Å². The van der Waals surface area contributed by atoms with Gasteiger partial charge in [0.2, 0.25) is 5.91 Å². The Morgan fingerprint density at radius 1 is 0.966 bits per heavy atom. The molecule has 4 aliphatic heterocycles. The van der Waals surface area contributed by atoms with Gasteiger partial charge in [-0.15, -0.1) is 0 Å². The SMILES string of the molecule is CC(C)[Si]1(C(C)C)OC[C@H]2O[C@@H](n3cnc4ncnc(NCCOCCOCCNC(=O)CCCC[C@@H]5SC[C@@H]6NC(=O)N[C@@H]65)c43)[C@H](O)[C@@H]2O[Si](C(C)C)(C(C)C)O1. The number of rotatable bonds is 20. The average molecular weight is 867 g/mol. The number of aliphatic hydroxyl groups is 1. The number of amides is 3. The van der Waals surface area contributed by atoms with Crippen LogP contribution in [0.15, 0.2) is 12.7 Å². The molecule has 4 saturated heterocycles. The minimum atomic E-state index is -2.96. The second-order valence-electron chi connectivity index (χ2n) is 17.0. The maximum atomic E-state index is 12.3. The van der Waals surface area contributed by atoms with Crippen molar-refractivity contribution in [1.29, 1.82) is 0 Å². The van der Waals surface area contributed by atoms with E-state index in [0.717, 1.165) is 25.0 Å². The van der Waals surface area contributed by atoms with E-state index in [4.69, 9.17) is 27.2 Å². The van der Waals surface area contributed by atoms with Crippen LogP contribution in [-0.2, 0) is 32.0 Å². The van der Waals surface area contributed by atoms with E-state index in [0.29, 0.717) is 68.2 Å². The molecule has 2 aromatic rings. The molecule has 2 aromatic heterocycles. The highest BCUT2D eigenvalue weighted by Crippen LogP contribution is 2.48. The Kier molecular flexibility index (Phi) is 15.5. The molecule has 6 rings (SSSR count). The second-order valence-corrected chi connectivity index (χ2v) is 27.1. The Bertz CT molecular complexity index is 1660. The Hall–Kier alpha value is -2.41. The number of fused-ring (bicyclic) bond motifs is 3. The first-order valence-electron chi connectivity index (χ1n) is 21.1. The lowest BCUT2D eigenvalue weighted by molar-refractivity contribution is -0.121. The summed E-state index contributed by atoms with van der Waals surface area (Å²) in [6, 6.07) is 0.365. The number of nitrogens with zero attached hydrogens (tertiary/aromatic N) is 4. The third-order valence-electron chi connectivity index (χ3n) is 11.8. The van der Waals surface area contributed by atoms with E-state index < -0.39 is 41.7 Å². The zero-order chi connectivity index (χ0) is 41.6. The first-order valence-corrected chi connectivity index (χ1v) is 26.1. The number of anilines is 1. The van der Waals surface area contributed by atoms with Crippen LogP contribution in [0.25, 0.3) is 11.2 Å². The van der Waals surface area contributed by atoms with Crippen LogP contribution in [-0.4, -0.2) is 141 Å². The minimum Gasteiger partial charge on any atom is -0.414 e. The number of nitrogens with one attached hydrogen (secondary N) is 4. The van der Waals surface area contributed by atoms with E-state index in [2.05, 4.69) is 91.6 Å². The van der Waals surface area contributed by atoms with Gasteiger partial charge in [-0.2, -0.15) is 11.8 Å². The molecule has 0 spiro atoms. The quantitative estimate of drug-likeness (QED) is 0.0716. The van der Waals surface area contributed by atoms with Crippen molar-refractivity contribution >= 4 is 57.8 Å². The molecule has 7 atom stereocenters. The van der Waals surface area contributed by atoms with Crippen LogP contribution in [0.4, 0.5) is 10.6 Å². The Morgan fingerprint density at radius 3 is 2.38 bits per heavy atom. The van der Waals surface area contributed by atoms with Crippen LogP contribution in [0, 0.1) is 0 Å². The van der Waals surface area contributed by atoms with Crippen LogP contribution in [0.1, 0.15) is 87.3 Å². The zero-order valence-electron chi connectivity index (χ0n) is 35.4. The van der Waals surface area contributed by atoms with Crippen molar-refractivity contribution < 1.29 is 41.9 Å². The third kappa shape index (κ3) is 9.86. The molecular formula is C38H66N8O9SSi2. The van der Waals surface area contributed by atoms with Crippen molar-refractivity contribution in [2.75, 3.05) is 57.2 Å². The fourth-order valence-electron chi connectivity index (χ4n) is 8.75. The number of carbonyl (C=O) groups is 2. The lowest BCUT2D eigenvalue weighted by atomic mass is 10.0. The highest BCUT2D eigenvalue weighted by Gasteiger charge is 2.62. The summed E-state index contributed by atoms with van der Waals surface area (Å²) >= 11 is 1.90. The molecule has 6 heterocycles. The molecule has 17 nitrogen and oxygen atoms in total. The molecule has 0 aliphatic carbocycles. The monoisotopic (exact) mass is 866 g/mol. The highest BCUT2D eigenvalue weighted by atomic mass is 32.2. The van der Waals surface area contributed by atoms with Crippen molar-refractivity contribution in [2.24, 2.45) is 0 Å². The van der Waals surface area contributed by atoms with E-state index in [9.17, 15) is 14.7 Å². The van der Waals surface area contributed by atoms with Crippen LogP contribution >= 0.6 is 11.8 Å². The Morgan fingerprint density at radius 2 is 1.67 bits per heavy atom. The number of hydrogen-bond donors (Lipinski definition) is 5. The van der Waals surface area contributed by atoms with Crippen LogP contribution in [0.2, 0.25) is 22.2 Å². The molecule has 326 valence electrons. The fraction of sp³-hybridized carbons (Fsp3) is 0.816. The van der Waals surface area contributed by atoms with Gasteiger partial charge >= 0.3 is 23.2 Å². The average Bonchev–Trinajstić information content (AvgIpc) is 3.93. The Labute approximate surface area is 349 Å². The summed E-state index contributed by atoms with van der Waals surface area (Å²) in [5.41, 5.74) is 1.69. The molecular weight excluding hydrogens is 801 g/mol. The van der Waals surface area contributed by atoms with Crippen LogP contribution in [0.5, 0.6) is 0 Å². The van der Waals surface area contributed by atoms with E-state index in [1.807, 2.05) is 11.8 Å². The summed E-state index contributed by atoms with van der Waals surface area (Å²) < 4.78 is 41.2. The molecule has 0 saturated carbocycles. The number of aromatic nitrogens is 4. The van der Waals surface area contributed by atoms with Crippen LogP contribution in [0.3, 0.4) is 0 Å². The summed E-state index contributed by atoms with van der Waals surface area (Å²) in [4.78, 5) is 37.2. The first-order chi connectivity index (χ1) is 27.8. The van der Waals surface area contributed by atoms with Crippen molar-refractivity contribution in [1.82, 2.24) is 35.5 Å². The van der Waals surface area contributed by atoms with Crippen molar-refractivity contribution in [3.05, 3.63) is 12.7 Å². The van der Waals surface area contributed by atoms with Gasteiger partial charge in [0.15, 0.2) is 17.7 Å². The summed E-state index contributed by atoms with van der Waals surface area (Å²) in [6.45, 7) is 20.1. The minimum absolute atomic E-state index is 0.0240. The van der Waals surface area contributed by atoms with Crippen LogP contribution < -0.4 is 21.3 Å². The van der Waals surface area contributed by atoms with Gasteiger partial charge in [-0.1, -0.05) is 61.8 Å². The van der Waals surface area contributed by atoms with Gasteiger partial charge < -0.3 is 53.6 Å². The molecule has 0 aromatic carbocycles. The predicted molar refractivity (Wildman–Crippen MR) is 226 cm³/mol. The van der Waals surface area contributed by atoms with Gasteiger partial charge in [0.25, 0.3) is 0 Å². The second kappa shape index (κ2) is 20.0. The summed E-state index contributed by atoms with van der Waals surface area (Å²) in [6.07, 6.45) is 3.35. The van der Waals surface area contributed by atoms with Gasteiger partial charge in [-0.05, 0) is 35.0 Å². The molecule has 0 bridgehead atoms. The highest BCUT2D eigenvalue weighted by molar-refractivity contribution is 8.00. The maximum Gasteiger partial charge on any atom is 0.335 e. The number of aliphatic hydroxyl groups excluding tert-OH is 1. The summed E-state index contributed by atoms with van der Waals surface area (Å²) in [5, 5.41) is 24.6. The lowest BCUT2D eigenvalue weighted by Crippen LogP contribution is -2.65. The number of hydrogen-bond acceptors (Lipinski definition) is 14. The fourth-order valence-corrected chi connectivity index (χ4v) is 21.5. The number of unbranched alkanes of at least 4 members (excludes halogenated alkanes) is 1. The van der Waals surface area contributed by atoms with Gasteiger partial charge in [0.05, 0.1) is 45.1 Å². The topological polar surface area (TPSA) is 201 Å². The number of imidazole rings is 1. The largest absolute Gasteiger partial charge is 0.414 e. The lowest BCUT2D eigenvalue weighted by Gasteiger charge is -2.51. The Balaban J connectivity index is 0.937. The predicted octanol–water partition coefficient (Wildman–Crippen LogP) is 4.33. The smallest absolute Gasteiger partial charge is 0.335 e. The normalized spacial score (nSPS) is 27.8. The number of thioether (sulfide) groups is 1. The van der Waals surface area contributed by atoms with E-state index in [-0.39, 0.29) is 52.8 Å². The number of ether oxygens (including phenoxy) is 3. The zero-order valence-corrected chi connectivity index (χ0v) is 38.2. The molecule has 0 unspecified atom stereocenters. The van der Waals surface area contributed by atoms with Crippen molar-refractivity contribution in [3.63, 3.8) is 0 Å². The summed E-state index contributed by atoms with van der Waals surface area (Å²) in [5.74, 6) is 1.52. The van der Waals surface area contributed by atoms with Gasteiger partial charge in [0.1, 0.15) is 36.5 Å². The number of carbonyl (C=O) groups excluding carboxylic acids is 2. The van der Waals surface area contributed by atoms with Crippen molar-refractivity contribution in [2.45, 2.75) is 145 Å². The van der Waals surface area contributed by atoms with Gasteiger partial charge in [0, 0.05) is 30.5 Å². The van der Waals surface area contributed by atoms with E-state index in [1.165, 1.54) is 6.33 Å². The first kappa shape index (κ1) is 45.1. The molecule has 4 aliphatic rings. The molecule has 0 radical (unpaired) electrons. The van der Waals surface area contributed by atoms with Gasteiger partial charge in [-0.25, -0.2) is 19.7 Å².